The molecular formula is C32H37N3O6. The average Bonchev–Trinajstić information content (AvgIpc) is 2.96. The summed E-state index contributed by atoms with van der Waals surface area (Å²) in [5.41, 5.74) is 2.36. The van der Waals surface area contributed by atoms with E-state index in [-0.39, 0.29) is 31.8 Å². The molecule has 3 amide bonds. The molecule has 0 aliphatic heterocycles. The molecule has 3 aromatic carbocycles. The van der Waals surface area contributed by atoms with Crippen LogP contribution in [-0.4, -0.2) is 47.1 Å². The Morgan fingerprint density at radius 1 is 0.634 bits per heavy atom. The largest absolute Gasteiger partial charge is 0.480 e. The summed E-state index contributed by atoms with van der Waals surface area (Å²) in [4.78, 5) is 51.4. The van der Waals surface area contributed by atoms with Crippen LogP contribution in [0.15, 0.2) is 91.0 Å². The minimum Gasteiger partial charge on any atom is -0.480 e. The zero-order valence-electron chi connectivity index (χ0n) is 23.3. The maximum Gasteiger partial charge on any atom is 0.408 e. The number of rotatable bonds is 14. The van der Waals surface area contributed by atoms with Gasteiger partial charge in [-0.05, 0) is 29.0 Å². The number of alkyl carbamates (subject to hydrolysis) is 1. The lowest BCUT2D eigenvalue weighted by molar-refractivity contribution is -0.142. The number of aliphatic carboxylic acids is 1. The van der Waals surface area contributed by atoms with Gasteiger partial charge in [-0.15, -0.1) is 0 Å². The van der Waals surface area contributed by atoms with E-state index in [4.69, 9.17) is 4.74 Å². The van der Waals surface area contributed by atoms with Gasteiger partial charge in [0, 0.05) is 12.8 Å². The average molecular weight is 560 g/mol. The first-order chi connectivity index (χ1) is 19.7. The van der Waals surface area contributed by atoms with E-state index in [9.17, 15) is 24.3 Å². The summed E-state index contributed by atoms with van der Waals surface area (Å²) in [5, 5.41) is 17.6. The summed E-state index contributed by atoms with van der Waals surface area (Å²) < 4.78 is 5.34. The fraction of sp³-hybridized carbons (Fsp3) is 0.312. The van der Waals surface area contributed by atoms with Crippen molar-refractivity contribution < 1.29 is 29.0 Å². The van der Waals surface area contributed by atoms with Crippen LogP contribution in [0.1, 0.15) is 37.0 Å². The Morgan fingerprint density at radius 2 is 1.05 bits per heavy atom. The molecule has 216 valence electrons. The molecule has 0 bridgehead atoms. The van der Waals surface area contributed by atoms with Crippen LogP contribution < -0.4 is 16.0 Å². The van der Waals surface area contributed by atoms with Crippen LogP contribution in [0.3, 0.4) is 0 Å². The summed E-state index contributed by atoms with van der Waals surface area (Å²) >= 11 is 0. The van der Waals surface area contributed by atoms with Crippen LogP contribution >= 0.6 is 0 Å². The molecule has 0 saturated carbocycles. The molecule has 0 saturated heterocycles. The molecule has 3 aromatic rings. The Hall–Kier alpha value is -4.66. The molecule has 0 aliphatic rings. The fourth-order valence-electron chi connectivity index (χ4n) is 4.26. The van der Waals surface area contributed by atoms with Crippen molar-refractivity contribution in [3.63, 3.8) is 0 Å². The van der Waals surface area contributed by atoms with Crippen molar-refractivity contribution >= 4 is 23.9 Å². The second-order valence-electron chi connectivity index (χ2n) is 10.2. The van der Waals surface area contributed by atoms with E-state index < -0.39 is 42.0 Å². The van der Waals surface area contributed by atoms with Crippen LogP contribution in [-0.2, 0) is 38.6 Å². The second-order valence-corrected chi connectivity index (χ2v) is 10.2. The third-order valence-electron chi connectivity index (χ3n) is 6.34. The molecule has 0 aromatic heterocycles. The minimum absolute atomic E-state index is 0.0256. The molecular weight excluding hydrogens is 522 g/mol. The van der Waals surface area contributed by atoms with Crippen molar-refractivity contribution in [2.75, 3.05) is 0 Å². The predicted molar refractivity (Wildman–Crippen MR) is 155 cm³/mol. The number of carboxylic acids is 1. The summed E-state index contributed by atoms with van der Waals surface area (Å²) in [7, 11) is 0. The lowest BCUT2D eigenvalue weighted by Crippen LogP contribution is -2.57. The van der Waals surface area contributed by atoms with Gasteiger partial charge in [0.1, 0.15) is 24.7 Å². The van der Waals surface area contributed by atoms with Gasteiger partial charge in [0.2, 0.25) is 11.8 Å². The van der Waals surface area contributed by atoms with Gasteiger partial charge in [-0.2, -0.15) is 0 Å². The topological polar surface area (TPSA) is 134 Å². The van der Waals surface area contributed by atoms with Crippen LogP contribution in [0.5, 0.6) is 0 Å². The Kier molecular flexibility index (Phi) is 11.9. The predicted octanol–water partition coefficient (Wildman–Crippen LogP) is 3.87. The van der Waals surface area contributed by atoms with E-state index in [1.807, 2.05) is 105 Å². The maximum absolute atomic E-state index is 13.6. The number of carbonyl (C=O) groups is 4. The van der Waals surface area contributed by atoms with Gasteiger partial charge in [0.05, 0.1) is 0 Å². The van der Waals surface area contributed by atoms with Gasteiger partial charge in [-0.3, -0.25) is 9.59 Å². The molecule has 9 heteroatoms. The molecule has 0 aliphatic carbocycles. The number of benzene rings is 3. The van der Waals surface area contributed by atoms with E-state index in [2.05, 4.69) is 16.0 Å². The Bertz CT molecular complexity index is 1270. The van der Waals surface area contributed by atoms with Crippen LogP contribution in [0.25, 0.3) is 0 Å². The smallest absolute Gasteiger partial charge is 0.408 e. The summed E-state index contributed by atoms with van der Waals surface area (Å²) in [6, 6.07) is 24.1. The van der Waals surface area contributed by atoms with E-state index in [0.29, 0.717) is 0 Å². The number of amides is 3. The Labute approximate surface area is 240 Å². The molecule has 0 radical (unpaired) electrons. The molecule has 0 heterocycles. The maximum atomic E-state index is 13.6. The van der Waals surface area contributed by atoms with Gasteiger partial charge >= 0.3 is 12.1 Å². The number of carbonyl (C=O) groups excluding carboxylic acids is 3. The lowest BCUT2D eigenvalue weighted by Gasteiger charge is -2.25. The van der Waals surface area contributed by atoms with Crippen molar-refractivity contribution in [2.24, 2.45) is 5.92 Å². The highest BCUT2D eigenvalue weighted by Crippen LogP contribution is 2.10. The molecule has 0 fully saturated rings. The lowest BCUT2D eigenvalue weighted by atomic mass is 10.0. The first-order valence-electron chi connectivity index (χ1n) is 13.6. The molecule has 9 nitrogen and oxygen atoms in total. The molecule has 0 unspecified atom stereocenters. The third kappa shape index (κ3) is 10.8. The highest BCUT2D eigenvalue weighted by molar-refractivity contribution is 5.93. The van der Waals surface area contributed by atoms with Gasteiger partial charge in [-0.1, -0.05) is 105 Å². The first-order valence-corrected chi connectivity index (χ1v) is 13.6. The molecule has 3 rings (SSSR count). The van der Waals surface area contributed by atoms with Crippen LogP contribution in [0.2, 0.25) is 0 Å². The third-order valence-corrected chi connectivity index (χ3v) is 6.34. The summed E-state index contributed by atoms with van der Waals surface area (Å²) in [6.07, 6.45) is -0.267. The zero-order valence-corrected chi connectivity index (χ0v) is 23.3. The molecule has 3 atom stereocenters. The first kappa shape index (κ1) is 30.9. The van der Waals surface area contributed by atoms with Gasteiger partial charge in [0.15, 0.2) is 0 Å². The van der Waals surface area contributed by atoms with Crippen molar-refractivity contribution in [3.8, 4) is 0 Å². The van der Waals surface area contributed by atoms with E-state index in [1.165, 1.54) is 0 Å². The van der Waals surface area contributed by atoms with E-state index in [1.54, 1.807) is 0 Å². The van der Waals surface area contributed by atoms with E-state index >= 15 is 0 Å². The second kappa shape index (κ2) is 15.8. The number of hydrogen-bond acceptors (Lipinski definition) is 5. The number of nitrogens with one attached hydrogen (secondary N) is 3. The number of hydrogen-bond donors (Lipinski definition) is 4. The standard InChI is InChI=1S/C32H37N3O6/c1-22(2)18-28(31(38)39)34-29(36)26(19-23-12-6-3-7-13-23)33-30(37)27(20-24-14-8-4-9-15-24)35-32(40)41-21-25-16-10-5-11-17-25/h3-17,22,26-28H,18-21H2,1-2H3,(H,33,37)(H,34,36)(H,35,40)(H,38,39)/t26-,27-,28-/m0/s1. The highest BCUT2D eigenvalue weighted by atomic mass is 16.5. The number of carboxylic acid groups (broad SMARTS) is 1. The molecule has 0 spiro atoms. The molecule has 4 N–H and O–H groups in total. The molecule has 41 heavy (non-hydrogen) atoms. The van der Waals surface area contributed by atoms with E-state index in [0.717, 1.165) is 16.7 Å². The fourth-order valence-corrected chi connectivity index (χ4v) is 4.26. The van der Waals surface area contributed by atoms with Gasteiger partial charge in [0.25, 0.3) is 0 Å². The Balaban J connectivity index is 1.78. The monoisotopic (exact) mass is 559 g/mol. The van der Waals surface area contributed by atoms with Crippen molar-refractivity contribution in [1.29, 1.82) is 0 Å². The highest BCUT2D eigenvalue weighted by Gasteiger charge is 2.30. The van der Waals surface area contributed by atoms with Crippen LogP contribution in [0, 0.1) is 5.92 Å². The quantitative estimate of drug-likeness (QED) is 0.237. The van der Waals surface area contributed by atoms with Gasteiger partial charge < -0.3 is 25.8 Å². The van der Waals surface area contributed by atoms with Crippen molar-refractivity contribution in [2.45, 2.75) is 57.8 Å². The van der Waals surface area contributed by atoms with Crippen LogP contribution in [0.4, 0.5) is 4.79 Å². The summed E-state index contributed by atoms with van der Waals surface area (Å²) in [6.45, 7) is 3.75. The summed E-state index contributed by atoms with van der Waals surface area (Å²) in [5.74, 6) is -2.35. The number of ether oxygens (including phenoxy) is 1. The van der Waals surface area contributed by atoms with Crippen molar-refractivity contribution in [1.82, 2.24) is 16.0 Å². The SMILES string of the molecule is CC(C)C[C@H](NC(=O)[C@H](Cc1ccccc1)NC(=O)[C@H](Cc1ccccc1)NC(=O)OCc1ccccc1)C(=O)O. The van der Waals surface area contributed by atoms with Crippen molar-refractivity contribution in [3.05, 3.63) is 108 Å². The zero-order chi connectivity index (χ0) is 29.6. The normalized spacial score (nSPS) is 13.0. The Morgan fingerprint density at radius 3 is 1.49 bits per heavy atom. The minimum atomic E-state index is -1.15. The van der Waals surface area contributed by atoms with Gasteiger partial charge in [-0.25, -0.2) is 9.59 Å².